The molecule has 1 aromatic heterocycles. The van der Waals surface area contributed by atoms with Crippen LogP contribution in [0.25, 0.3) is 11.8 Å². The third-order valence-electron chi connectivity index (χ3n) is 4.56. The maximum absolute atomic E-state index is 14.7. The van der Waals surface area contributed by atoms with Gasteiger partial charge in [-0.2, -0.15) is 0 Å². The van der Waals surface area contributed by atoms with E-state index in [1.54, 1.807) is 41.1 Å². The van der Waals surface area contributed by atoms with Crippen LogP contribution in [0, 0.1) is 5.82 Å². The summed E-state index contributed by atoms with van der Waals surface area (Å²) in [6, 6.07) is 10.7. The van der Waals surface area contributed by atoms with Gasteiger partial charge in [-0.1, -0.05) is 11.6 Å². The van der Waals surface area contributed by atoms with E-state index < -0.39 is 17.6 Å². The van der Waals surface area contributed by atoms with Gasteiger partial charge < -0.3 is 18.8 Å². The number of ether oxygens (including phenoxy) is 3. The second-order valence-corrected chi connectivity index (χ2v) is 6.74. The lowest BCUT2D eigenvalue weighted by Crippen LogP contribution is -2.12. The molecule has 0 spiro atoms. The highest BCUT2D eigenvalue weighted by Crippen LogP contribution is 2.36. The Hall–Kier alpha value is -3.58. The van der Waals surface area contributed by atoms with E-state index in [0.29, 0.717) is 16.4 Å². The van der Waals surface area contributed by atoms with Crippen molar-refractivity contribution >= 4 is 29.4 Å². The van der Waals surface area contributed by atoms with Gasteiger partial charge in [-0.05, 0) is 48.5 Å². The number of carbonyl (C=O) groups is 2. The first-order valence-electron chi connectivity index (χ1n) is 9.09. The molecule has 8 heteroatoms. The molecule has 3 aromatic rings. The Morgan fingerprint density at radius 2 is 1.84 bits per heavy atom. The molecule has 0 aliphatic carbocycles. The molecule has 0 saturated carbocycles. The molecular formula is C23H19ClFNO5. The maximum Gasteiger partial charge on any atom is 0.330 e. The molecule has 3 rings (SSSR count). The fourth-order valence-corrected chi connectivity index (χ4v) is 3.29. The molecule has 0 atom stereocenters. The minimum Gasteiger partial charge on any atom is -0.493 e. The van der Waals surface area contributed by atoms with Gasteiger partial charge in [0.05, 0.1) is 27.0 Å². The molecule has 1 heterocycles. The average Bonchev–Trinajstić information content (AvgIpc) is 3.24. The Morgan fingerprint density at radius 1 is 1.06 bits per heavy atom. The van der Waals surface area contributed by atoms with Gasteiger partial charge >= 0.3 is 5.97 Å². The third-order valence-corrected chi connectivity index (χ3v) is 4.79. The van der Waals surface area contributed by atoms with E-state index in [4.69, 9.17) is 21.1 Å². The molecule has 0 radical (unpaired) electrons. The molecule has 0 aliphatic rings. The van der Waals surface area contributed by atoms with Gasteiger partial charge in [0.2, 0.25) is 5.78 Å². The third kappa shape index (κ3) is 4.46. The second-order valence-electron chi connectivity index (χ2n) is 6.31. The monoisotopic (exact) mass is 443 g/mol. The number of ketones is 1. The minimum absolute atomic E-state index is 0.0169. The lowest BCUT2D eigenvalue weighted by molar-refractivity contribution is -0.134. The average molecular weight is 444 g/mol. The topological polar surface area (TPSA) is 66.8 Å². The first-order valence-corrected chi connectivity index (χ1v) is 9.47. The number of hydrogen-bond acceptors (Lipinski definition) is 5. The van der Waals surface area contributed by atoms with Crippen LogP contribution in [0.1, 0.15) is 21.6 Å². The van der Waals surface area contributed by atoms with Crippen molar-refractivity contribution in [2.45, 2.75) is 0 Å². The molecule has 0 amide bonds. The predicted octanol–water partition coefficient (Wildman–Crippen LogP) is 4.70. The Labute approximate surface area is 183 Å². The summed E-state index contributed by atoms with van der Waals surface area (Å²) >= 11 is 6.16. The fourth-order valence-electron chi connectivity index (χ4n) is 3.12. The van der Waals surface area contributed by atoms with E-state index in [1.807, 2.05) is 0 Å². The fraction of sp³-hybridized carbons (Fsp3) is 0.130. The van der Waals surface area contributed by atoms with Crippen LogP contribution in [0.2, 0.25) is 5.02 Å². The summed E-state index contributed by atoms with van der Waals surface area (Å²) in [5.74, 6) is -1.71. The number of esters is 1. The van der Waals surface area contributed by atoms with E-state index in [-0.39, 0.29) is 22.6 Å². The van der Waals surface area contributed by atoms with Gasteiger partial charge in [-0.25, -0.2) is 9.18 Å². The largest absolute Gasteiger partial charge is 0.493 e. The molecule has 0 aliphatic heterocycles. The van der Waals surface area contributed by atoms with E-state index in [1.165, 1.54) is 39.5 Å². The summed E-state index contributed by atoms with van der Waals surface area (Å²) in [7, 11) is 4.00. The summed E-state index contributed by atoms with van der Waals surface area (Å²) < 4.78 is 31.5. The van der Waals surface area contributed by atoms with Crippen LogP contribution < -0.4 is 9.47 Å². The van der Waals surface area contributed by atoms with Crippen molar-refractivity contribution < 1.29 is 28.2 Å². The number of benzene rings is 2. The Bertz CT molecular complexity index is 1170. The van der Waals surface area contributed by atoms with Gasteiger partial charge in [0.1, 0.15) is 11.4 Å². The molecule has 0 saturated heterocycles. The van der Waals surface area contributed by atoms with Crippen LogP contribution in [0.3, 0.4) is 0 Å². The molecule has 0 fully saturated rings. The van der Waals surface area contributed by atoms with Crippen molar-refractivity contribution in [1.29, 1.82) is 0 Å². The summed E-state index contributed by atoms with van der Waals surface area (Å²) in [5.41, 5.74) is 0.902. The number of methoxy groups -OCH3 is 3. The van der Waals surface area contributed by atoms with Crippen LogP contribution in [-0.4, -0.2) is 37.6 Å². The predicted molar refractivity (Wildman–Crippen MR) is 115 cm³/mol. The molecule has 2 aromatic carbocycles. The standard InChI is InChI=1S/C23H19ClFNO5/c1-29-19-10-8-17(25)21(23(19)31-3)22(28)16-13-14(24)6-9-18(16)26-12-4-5-15(26)7-11-20(27)30-2/h4-13H,1-3H3. The van der Waals surface area contributed by atoms with Gasteiger partial charge in [0, 0.05) is 28.6 Å². The van der Waals surface area contributed by atoms with Crippen molar-refractivity contribution in [3.63, 3.8) is 0 Å². The highest BCUT2D eigenvalue weighted by atomic mass is 35.5. The Morgan fingerprint density at radius 3 is 2.52 bits per heavy atom. The number of halogens is 2. The zero-order valence-corrected chi connectivity index (χ0v) is 17.8. The van der Waals surface area contributed by atoms with Crippen molar-refractivity contribution in [3.8, 4) is 17.2 Å². The summed E-state index contributed by atoms with van der Waals surface area (Å²) in [5, 5.41) is 0.299. The van der Waals surface area contributed by atoms with Crippen LogP contribution in [0.5, 0.6) is 11.5 Å². The Balaban J connectivity index is 2.18. The molecule has 160 valence electrons. The summed E-state index contributed by atoms with van der Waals surface area (Å²) in [6.45, 7) is 0. The maximum atomic E-state index is 14.7. The minimum atomic E-state index is -0.758. The van der Waals surface area contributed by atoms with Crippen molar-refractivity contribution in [2.75, 3.05) is 21.3 Å². The number of rotatable bonds is 7. The first kappa shape index (κ1) is 22.1. The smallest absolute Gasteiger partial charge is 0.330 e. The Kier molecular flexibility index (Phi) is 6.77. The van der Waals surface area contributed by atoms with Gasteiger partial charge in [-0.15, -0.1) is 0 Å². The van der Waals surface area contributed by atoms with Crippen LogP contribution >= 0.6 is 11.6 Å². The number of nitrogens with zero attached hydrogens (tertiary/aromatic N) is 1. The quantitative estimate of drug-likeness (QED) is 0.301. The van der Waals surface area contributed by atoms with Crippen molar-refractivity contribution in [2.24, 2.45) is 0 Å². The number of hydrogen-bond donors (Lipinski definition) is 0. The van der Waals surface area contributed by atoms with Crippen molar-refractivity contribution in [3.05, 3.63) is 82.4 Å². The highest BCUT2D eigenvalue weighted by Gasteiger charge is 2.26. The molecule has 0 unspecified atom stereocenters. The SMILES string of the molecule is COC(=O)C=Cc1cccn1-c1ccc(Cl)cc1C(=O)c1c(F)ccc(OC)c1OC. The number of carbonyl (C=O) groups excluding carboxylic acids is 2. The molecule has 0 bridgehead atoms. The highest BCUT2D eigenvalue weighted by molar-refractivity contribution is 6.31. The van der Waals surface area contributed by atoms with E-state index in [0.717, 1.165) is 6.07 Å². The zero-order chi connectivity index (χ0) is 22.5. The molecule has 31 heavy (non-hydrogen) atoms. The first-order chi connectivity index (χ1) is 14.9. The molecule has 6 nitrogen and oxygen atoms in total. The normalized spacial score (nSPS) is 10.9. The van der Waals surface area contributed by atoms with Gasteiger partial charge in [-0.3, -0.25) is 4.79 Å². The summed E-state index contributed by atoms with van der Waals surface area (Å²) in [4.78, 5) is 24.9. The van der Waals surface area contributed by atoms with E-state index >= 15 is 0 Å². The second kappa shape index (κ2) is 9.49. The summed E-state index contributed by atoms with van der Waals surface area (Å²) in [6.07, 6.45) is 4.51. The van der Waals surface area contributed by atoms with Crippen molar-refractivity contribution in [1.82, 2.24) is 4.57 Å². The lowest BCUT2D eigenvalue weighted by atomic mass is 9.99. The van der Waals surface area contributed by atoms with Crippen LogP contribution in [-0.2, 0) is 9.53 Å². The van der Waals surface area contributed by atoms with Gasteiger partial charge in [0.15, 0.2) is 11.5 Å². The molecule has 0 N–H and O–H groups in total. The van der Waals surface area contributed by atoms with E-state index in [2.05, 4.69) is 4.74 Å². The zero-order valence-electron chi connectivity index (χ0n) is 17.0. The van der Waals surface area contributed by atoms with Crippen LogP contribution in [0.15, 0.2) is 54.7 Å². The van der Waals surface area contributed by atoms with Crippen LogP contribution in [0.4, 0.5) is 4.39 Å². The number of aromatic nitrogens is 1. The van der Waals surface area contributed by atoms with E-state index in [9.17, 15) is 14.0 Å². The molecular weight excluding hydrogens is 425 g/mol. The van der Waals surface area contributed by atoms with Gasteiger partial charge in [0.25, 0.3) is 0 Å². The lowest BCUT2D eigenvalue weighted by Gasteiger charge is -2.16.